The zero-order valence-corrected chi connectivity index (χ0v) is 19.9. The molecule has 0 aliphatic carbocycles. The molecule has 172 valence electrons. The summed E-state index contributed by atoms with van der Waals surface area (Å²) in [6, 6.07) is 30.9. The van der Waals surface area contributed by atoms with Crippen LogP contribution in [0.25, 0.3) is 11.1 Å². The molecule has 0 radical (unpaired) electrons. The lowest BCUT2D eigenvalue weighted by molar-refractivity contribution is 0.0697. The first-order valence-corrected chi connectivity index (χ1v) is 13.1. The molecular weight excluding hydrogens is 466 g/mol. The molecule has 0 aromatic heterocycles. The van der Waals surface area contributed by atoms with Crippen LogP contribution in [0.15, 0.2) is 113 Å². The van der Waals surface area contributed by atoms with Gasteiger partial charge in [-0.25, -0.2) is 13.2 Å². The van der Waals surface area contributed by atoms with Gasteiger partial charge in [0, 0.05) is 10.6 Å². The highest BCUT2D eigenvalue weighted by atomic mass is 32.2. The lowest BCUT2D eigenvalue weighted by Crippen LogP contribution is -2.15. The summed E-state index contributed by atoms with van der Waals surface area (Å²) in [7, 11) is -3.95. The number of carboxylic acids is 1. The van der Waals surface area contributed by atoms with E-state index < -0.39 is 16.0 Å². The largest absolute Gasteiger partial charge is 0.478 e. The number of carboxylic acid groups (broad SMARTS) is 1. The number of anilines is 1. The van der Waals surface area contributed by atoms with Crippen molar-refractivity contribution in [1.29, 1.82) is 0 Å². The van der Waals surface area contributed by atoms with Crippen molar-refractivity contribution >= 4 is 33.4 Å². The van der Waals surface area contributed by atoms with Crippen molar-refractivity contribution in [3.05, 3.63) is 114 Å². The molecule has 0 heterocycles. The molecule has 5 nitrogen and oxygen atoms in total. The average Bonchev–Trinajstić information content (AvgIpc) is 2.86. The summed E-state index contributed by atoms with van der Waals surface area (Å²) in [5, 5.41) is 9.68. The molecule has 0 spiro atoms. The summed E-state index contributed by atoms with van der Waals surface area (Å²) in [6.07, 6.45) is 0.848. The zero-order chi connectivity index (χ0) is 24.0. The van der Waals surface area contributed by atoms with Gasteiger partial charge in [-0.15, -0.1) is 11.8 Å². The minimum atomic E-state index is -3.95. The minimum absolute atomic E-state index is 0.0343. The Morgan fingerprint density at radius 3 is 2.06 bits per heavy atom. The third kappa shape index (κ3) is 5.87. The SMILES string of the molecule is O=C(O)c1cc(SCCc2ccccc2)ccc1NS(=O)(=O)c1ccc(-c2ccccc2)cc1. The number of sulfonamides is 1. The molecule has 4 rings (SSSR count). The van der Waals surface area contributed by atoms with Crippen molar-refractivity contribution in [2.24, 2.45) is 0 Å². The molecule has 0 atom stereocenters. The predicted octanol–water partition coefficient (Wildman–Crippen LogP) is 6.19. The maximum Gasteiger partial charge on any atom is 0.337 e. The minimum Gasteiger partial charge on any atom is -0.478 e. The lowest BCUT2D eigenvalue weighted by Gasteiger charge is -2.12. The first-order valence-electron chi connectivity index (χ1n) is 10.6. The van der Waals surface area contributed by atoms with Crippen molar-refractivity contribution in [3.63, 3.8) is 0 Å². The monoisotopic (exact) mass is 489 g/mol. The number of aromatic carboxylic acids is 1. The van der Waals surface area contributed by atoms with Crippen LogP contribution in [-0.2, 0) is 16.4 Å². The number of hydrogen-bond acceptors (Lipinski definition) is 4. The number of rotatable bonds is 9. The quantitative estimate of drug-likeness (QED) is 0.274. The molecule has 4 aromatic rings. The highest BCUT2D eigenvalue weighted by Crippen LogP contribution is 2.28. The molecule has 0 saturated carbocycles. The standard InChI is InChI=1S/C27H23NO4S2/c29-27(30)25-19-23(33-18-17-20-7-3-1-4-8-20)13-16-26(25)28-34(31,32)24-14-11-22(12-15-24)21-9-5-2-6-10-21/h1-16,19,28H,17-18H2,(H,29,30). The summed E-state index contributed by atoms with van der Waals surface area (Å²) in [6.45, 7) is 0. The summed E-state index contributed by atoms with van der Waals surface area (Å²) in [5.41, 5.74) is 3.02. The van der Waals surface area contributed by atoms with Gasteiger partial charge in [0.15, 0.2) is 0 Å². The molecule has 0 bridgehead atoms. The van der Waals surface area contributed by atoms with Crippen molar-refractivity contribution in [3.8, 4) is 11.1 Å². The Kier molecular flexibility index (Phi) is 7.35. The van der Waals surface area contributed by atoms with Gasteiger partial charge in [0.05, 0.1) is 16.1 Å². The van der Waals surface area contributed by atoms with E-state index in [1.165, 1.54) is 41.6 Å². The molecule has 0 unspecified atom stereocenters. The van der Waals surface area contributed by atoms with E-state index >= 15 is 0 Å². The van der Waals surface area contributed by atoms with Crippen LogP contribution in [0.4, 0.5) is 5.69 Å². The lowest BCUT2D eigenvalue weighted by atomic mass is 10.1. The van der Waals surface area contributed by atoms with E-state index in [9.17, 15) is 18.3 Å². The number of thioether (sulfide) groups is 1. The summed E-state index contributed by atoms with van der Waals surface area (Å²) in [4.78, 5) is 12.7. The van der Waals surface area contributed by atoms with E-state index in [-0.39, 0.29) is 16.1 Å². The van der Waals surface area contributed by atoms with E-state index in [0.29, 0.717) is 0 Å². The third-order valence-corrected chi connectivity index (χ3v) is 7.62. The van der Waals surface area contributed by atoms with Crippen LogP contribution in [0.5, 0.6) is 0 Å². The molecule has 34 heavy (non-hydrogen) atoms. The van der Waals surface area contributed by atoms with E-state index in [4.69, 9.17) is 0 Å². The Balaban J connectivity index is 1.49. The zero-order valence-electron chi connectivity index (χ0n) is 18.2. The molecule has 0 aliphatic rings. The Labute approximate surface area is 203 Å². The van der Waals surface area contributed by atoms with Gasteiger partial charge in [0.2, 0.25) is 0 Å². The van der Waals surface area contributed by atoms with Crippen molar-refractivity contribution in [2.45, 2.75) is 16.2 Å². The van der Waals surface area contributed by atoms with Crippen LogP contribution in [0.3, 0.4) is 0 Å². The number of aryl methyl sites for hydroxylation is 1. The first kappa shape index (κ1) is 23.6. The molecule has 7 heteroatoms. The second kappa shape index (κ2) is 10.6. The van der Waals surface area contributed by atoms with E-state index in [1.54, 1.807) is 18.2 Å². The number of carbonyl (C=O) groups is 1. The van der Waals surface area contributed by atoms with Gasteiger partial charge in [-0.05, 0) is 53.4 Å². The van der Waals surface area contributed by atoms with Gasteiger partial charge < -0.3 is 5.11 Å². The van der Waals surface area contributed by atoms with Crippen molar-refractivity contribution in [1.82, 2.24) is 0 Å². The van der Waals surface area contributed by atoms with E-state index in [2.05, 4.69) is 4.72 Å². The Morgan fingerprint density at radius 2 is 1.41 bits per heavy atom. The normalized spacial score (nSPS) is 11.2. The van der Waals surface area contributed by atoms with E-state index in [1.807, 2.05) is 60.7 Å². The predicted molar refractivity (Wildman–Crippen MR) is 137 cm³/mol. The second-order valence-corrected chi connectivity index (χ2v) is 10.4. The van der Waals surface area contributed by atoms with Gasteiger partial charge in [-0.2, -0.15) is 0 Å². The first-order chi connectivity index (χ1) is 16.4. The van der Waals surface area contributed by atoms with Crippen molar-refractivity contribution < 1.29 is 18.3 Å². The average molecular weight is 490 g/mol. The highest BCUT2D eigenvalue weighted by molar-refractivity contribution is 7.99. The smallest absolute Gasteiger partial charge is 0.337 e. The third-order valence-electron chi connectivity index (χ3n) is 5.24. The fraction of sp³-hybridized carbons (Fsp3) is 0.0741. The number of nitrogens with one attached hydrogen (secondary N) is 1. The molecule has 0 amide bonds. The topological polar surface area (TPSA) is 83.5 Å². The second-order valence-electron chi connectivity index (χ2n) is 7.59. The van der Waals surface area contributed by atoms with E-state index in [0.717, 1.165) is 28.2 Å². The number of hydrogen-bond donors (Lipinski definition) is 2. The molecule has 2 N–H and O–H groups in total. The van der Waals surface area contributed by atoms with Gasteiger partial charge in [-0.3, -0.25) is 4.72 Å². The van der Waals surface area contributed by atoms with Crippen LogP contribution in [0.1, 0.15) is 15.9 Å². The van der Waals surface area contributed by atoms with Crippen LogP contribution in [0, 0.1) is 0 Å². The highest BCUT2D eigenvalue weighted by Gasteiger charge is 2.19. The Hall–Kier alpha value is -3.55. The van der Waals surface area contributed by atoms with Crippen LogP contribution in [0.2, 0.25) is 0 Å². The number of benzene rings is 4. The molecular formula is C27H23NO4S2. The maximum atomic E-state index is 12.9. The molecule has 0 fully saturated rings. The molecule has 0 saturated heterocycles. The van der Waals surface area contributed by atoms with Gasteiger partial charge in [0.1, 0.15) is 0 Å². The van der Waals surface area contributed by atoms with Gasteiger partial charge in [-0.1, -0.05) is 72.8 Å². The summed E-state index contributed by atoms with van der Waals surface area (Å²) < 4.78 is 28.3. The Bertz CT molecular complexity index is 1370. The van der Waals surface area contributed by atoms with Gasteiger partial charge >= 0.3 is 5.97 Å². The molecule has 0 aliphatic heterocycles. The van der Waals surface area contributed by atoms with Crippen LogP contribution in [-0.4, -0.2) is 25.2 Å². The Morgan fingerprint density at radius 1 is 0.794 bits per heavy atom. The molecule has 4 aromatic carbocycles. The van der Waals surface area contributed by atoms with Crippen LogP contribution < -0.4 is 4.72 Å². The summed E-state index contributed by atoms with van der Waals surface area (Å²) >= 11 is 1.53. The summed E-state index contributed by atoms with van der Waals surface area (Å²) in [5.74, 6) is -0.412. The van der Waals surface area contributed by atoms with Crippen LogP contribution >= 0.6 is 11.8 Å². The fourth-order valence-corrected chi connectivity index (χ4v) is 5.49. The van der Waals surface area contributed by atoms with Gasteiger partial charge in [0.25, 0.3) is 10.0 Å². The maximum absolute atomic E-state index is 12.9. The van der Waals surface area contributed by atoms with Crippen molar-refractivity contribution in [2.75, 3.05) is 10.5 Å². The fourth-order valence-electron chi connectivity index (χ4n) is 3.47.